The van der Waals surface area contributed by atoms with E-state index in [9.17, 15) is 0 Å². The average Bonchev–Trinajstić information content (AvgIpc) is 2.26. The summed E-state index contributed by atoms with van der Waals surface area (Å²) in [7, 11) is 0. The fourth-order valence-electron chi connectivity index (χ4n) is 1.84. The first kappa shape index (κ1) is 16.5. The Labute approximate surface area is 115 Å². The van der Waals surface area contributed by atoms with Crippen LogP contribution in [-0.2, 0) is 0 Å². The smallest absolute Gasteiger partial charge is 0.125 e. The van der Waals surface area contributed by atoms with Crippen LogP contribution in [-0.4, -0.2) is 24.2 Å². The maximum absolute atomic E-state index is 5.99. The molecule has 17 heavy (non-hydrogen) atoms. The van der Waals surface area contributed by atoms with Crippen LogP contribution in [0.25, 0.3) is 0 Å². The topological polar surface area (TPSA) is 34.1 Å². The molecule has 3 nitrogen and oxygen atoms in total. The van der Waals surface area contributed by atoms with Crippen molar-refractivity contribution >= 4 is 24.8 Å². The number of aromatic nitrogens is 1. The lowest BCUT2D eigenvalue weighted by Crippen LogP contribution is -2.34. The summed E-state index contributed by atoms with van der Waals surface area (Å²) in [5, 5.41) is 3.33. The van der Waals surface area contributed by atoms with E-state index >= 15 is 0 Å². The van der Waals surface area contributed by atoms with E-state index in [2.05, 4.69) is 17.2 Å². The summed E-state index contributed by atoms with van der Waals surface area (Å²) >= 11 is 0. The molecule has 0 radical (unpaired) electrons. The Morgan fingerprint density at radius 3 is 2.53 bits per heavy atom. The Morgan fingerprint density at radius 1 is 1.24 bits per heavy atom. The van der Waals surface area contributed by atoms with Crippen molar-refractivity contribution in [3.05, 3.63) is 23.5 Å². The van der Waals surface area contributed by atoms with Gasteiger partial charge in [0.1, 0.15) is 11.9 Å². The lowest BCUT2D eigenvalue weighted by atomic mass is 10.1. The minimum atomic E-state index is 0. The molecule has 1 N–H and O–H groups in total. The number of halogens is 2. The van der Waals surface area contributed by atoms with Crippen molar-refractivity contribution in [3.63, 3.8) is 0 Å². The number of aryl methyl sites for hydroxylation is 1. The molecule has 0 aromatic carbocycles. The molecule has 1 aliphatic heterocycles. The van der Waals surface area contributed by atoms with Crippen LogP contribution in [0.4, 0.5) is 0 Å². The molecule has 0 saturated carbocycles. The zero-order valence-corrected chi connectivity index (χ0v) is 11.9. The minimum absolute atomic E-state index is 0. The number of pyridine rings is 1. The molecule has 0 unspecified atom stereocenters. The van der Waals surface area contributed by atoms with Crippen LogP contribution in [0.3, 0.4) is 0 Å². The van der Waals surface area contributed by atoms with Crippen LogP contribution in [0.15, 0.2) is 12.3 Å². The molecule has 98 valence electrons. The van der Waals surface area contributed by atoms with Crippen LogP contribution >= 0.6 is 24.8 Å². The van der Waals surface area contributed by atoms with E-state index in [1.165, 1.54) is 0 Å². The van der Waals surface area contributed by atoms with Crippen LogP contribution in [0.1, 0.15) is 24.1 Å². The van der Waals surface area contributed by atoms with Gasteiger partial charge >= 0.3 is 0 Å². The van der Waals surface area contributed by atoms with Gasteiger partial charge in [0.2, 0.25) is 0 Å². The van der Waals surface area contributed by atoms with Crippen molar-refractivity contribution in [3.8, 4) is 5.75 Å². The number of rotatable bonds is 2. The summed E-state index contributed by atoms with van der Waals surface area (Å²) in [4.78, 5) is 4.24. The molecule has 1 aliphatic rings. The number of nitrogens with one attached hydrogen (secondary N) is 1. The molecule has 1 aromatic heterocycles. The van der Waals surface area contributed by atoms with Crippen molar-refractivity contribution in [2.24, 2.45) is 0 Å². The van der Waals surface area contributed by atoms with Gasteiger partial charge in [0.15, 0.2) is 0 Å². The second-order valence-corrected chi connectivity index (χ2v) is 4.09. The first-order valence-corrected chi connectivity index (χ1v) is 5.57. The van der Waals surface area contributed by atoms with Crippen molar-refractivity contribution in [1.29, 1.82) is 0 Å². The number of nitrogens with zero attached hydrogens (tertiary/aromatic N) is 1. The van der Waals surface area contributed by atoms with Crippen molar-refractivity contribution in [1.82, 2.24) is 10.3 Å². The molecular weight excluding hydrogens is 259 g/mol. The Morgan fingerprint density at radius 2 is 1.88 bits per heavy atom. The zero-order valence-electron chi connectivity index (χ0n) is 10.2. The van der Waals surface area contributed by atoms with Crippen LogP contribution in [0.2, 0.25) is 0 Å². The zero-order chi connectivity index (χ0) is 10.7. The summed E-state index contributed by atoms with van der Waals surface area (Å²) in [6.07, 6.45) is 4.38. The van der Waals surface area contributed by atoms with Gasteiger partial charge in [-0.05, 0) is 45.8 Å². The second kappa shape index (κ2) is 7.75. The minimum Gasteiger partial charge on any atom is -0.490 e. The van der Waals surface area contributed by atoms with Crippen molar-refractivity contribution in [2.45, 2.75) is 32.8 Å². The van der Waals surface area contributed by atoms with Crippen LogP contribution < -0.4 is 10.1 Å². The molecule has 0 amide bonds. The van der Waals surface area contributed by atoms with E-state index in [4.69, 9.17) is 4.74 Å². The third kappa shape index (κ3) is 4.34. The Kier molecular flexibility index (Phi) is 7.51. The maximum Gasteiger partial charge on any atom is 0.125 e. The number of hydrogen-bond acceptors (Lipinski definition) is 3. The molecule has 5 heteroatoms. The fourth-order valence-corrected chi connectivity index (χ4v) is 1.84. The van der Waals surface area contributed by atoms with Gasteiger partial charge in [0.05, 0.1) is 0 Å². The summed E-state index contributed by atoms with van der Waals surface area (Å²) in [6, 6.07) is 1.96. The highest BCUT2D eigenvalue weighted by Crippen LogP contribution is 2.22. The van der Waals surface area contributed by atoms with E-state index < -0.39 is 0 Å². The molecule has 1 saturated heterocycles. The lowest BCUT2D eigenvalue weighted by Gasteiger charge is -2.24. The number of piperidine rings is 1. The summed E-state index contributed by atoms with van der Waals surface area (Å²) < 4.78 is 5.99. The average molecular weight is 279 g/mol. The van der Waals surface area contributed by atoms with Gasteiger partial charge < -0.3 is 10.1 Å². The Bertz CT molecular complexity index is 341. The summed E-state index contributed by atoms with van der Waals surface area (Å²) in [5.74, 6) is 0.995. The van der Waals surface area contributed by atoms with Crippen LogP contribution in [0.5, 0.6) is 5.75 Å². The van der Waals surface area contributed by atoms with Gasteiger partial charge in [0.25, 0.3) is 0 Å². The SMILES string of the molecule is Cc1nccc(OC2CCNCC2)c1C.Cl.Cl. The molecule has 2 rings (SSSR count). The predicted molar refractivity (Wildman–Crippen MR) is 74.7 cm³/mol. The third-order valence-corrected chi connectivity index (χ3v) is 2.99. The number of ether oxygens (including phenoxy) is 1. The first-order chi connectivity index (χ1) is 7.27. The van der Waals surface area contributed by atoms with Gasteiger partial charge in [-0.3, -0.25) is 4.98 Å². The monoisotopic (exact) mass is 278 g/mol. The quantitative estimate of drug-likeness (QED) is 0.903. The van der Waals surface area contributed by atoms with E-state index in [1.807, 2.05) is 19.2 Å². The van der Waals surface area contributed by atoms with E-state index in [0.29, 0.717) is 6.10 Å². The normalized spacial score (nSPS) is 15.6. The van der Waals surface area contributed by atoms with Gasteiger partial charge in [-0.1, -0.05) is 0 Å². The van der Waals surface area contributed by atoms with Crippen LogP contribution in [0, 0.1) is 13.8 Å². The molecule has 0 spiro atoms. The third-order valence-electron chi connectivity index (χ3n) is 2.99. The van der Waals surface area contributed by atoms with Gasteiger partial charge in [-0.25, -0.2) is 0 Å². The molecule has 2 heterocycles. The highest BCUT2D eigenvalue weighted by atomic mass is 35.5. The standard InChI is InChI=1S/C12H18N2O.2ClH/c1-9-10(2)14-8-5-12(9)15-11-3-6-13-7-4-11;;/h5,8,11,13H,3-4,6-7H2,1-2H3;2*1H. The highest BCUT2D eigenvalue weighted by Gasteiger charge is 2.15. The fraction of sp³-hybridized carbons (Fsp3) is 0.583. The van der Waals surface area contributed by atoms with E-state index in [-0.39, 0.29) is 24.8 Å². The molecule has 1 fully saturated rings. The van der Waals surface area contributed by atoms with Crippen molar-refractivity contribution < 1.29 is 4.74 Å². The Balaban J connectivity index is 0.00000128. The highest BCUT2D eigenvalue weighted by molar-refractivity contribution is 5.85. The molecular formula is C12H20Cl2N2O. The number of hydrogen-bond donors (Lipinski definition) is 1. The predicted octanol–water partition coefficient (Wildman–Crippen LogP) is 2.67. The van der Waals surface area contributed by atoms with Crippen molar-refractivity contribution in [2.75, 3.05) is 13.1 Å². The second-order valence-electron chi connectivity index (χ2n) is 4.09. The molecule has 0 aliphatic carbocycles. The largest absolute Gasteiger partial charge is 0.490 e. The van der Waals surface area contributed by atoms with Gasteiger partial charge in [-0.15, -0.1) is 24.8 Å². The van der Waals surface area contributed by atoms with E-state index in [1.54, 1.807) is 0 Å². The summed E-state index contributed by atoms with van der Waals surface area (Å²) in [5.41, 5.74) is 2.22. The molecule has 0 bridgehead atoms. The first-order valence-electron chi connectivity index (χ1n) is 5.57. The van der Waals surface area contributed by atoms with Gasteiger partial charge in [0, 0.05) is 17.5 Å². The Hall–Kier alpha value is -0.510. The van der Waals surface area contributed by atoms with Gasteiger partial charge in [-0.2, -0.15) is 0 Å². The molecule has 0 atom stereocenters. The lowest BCUT2D eigenvalue weighted by molar-refractivity contribution is 0.161. The van der Waals surface area contributed by atoms with E-state index in [0.717, 1.165) is 42.9 Å². The summed E-state index contributed by atoms with van der Waals surface area (Å²) in [6.45, 7) is 6.21. The maximum atomic E-state index is 5.99. The molecule has 1 aromatic rings.